The van der Waals surface area contributed by atoms with Crippen molar-refractivity contribution in [3.05, 3.63) is 35.8 Å². The zero-order valence-corrected chi connectivity index (χ0v) is 14.1. The monoisotopic (exact) mass is 329 g/mol. The van der Waals surface area contributed by atoms with Crippen LogP contribution in [0.5, 0.6) is 0 Å². The van der Waals surface area contributed by atoms with Gasteiger partial charge in [0, 0.05) is 29.2 Å². The maximum atomic E-state index is 11.8. The molecule has 0 saturated heterocycles. The summed E-state index contributed by atoms with van der Waals surface area (Å²) in [5, 5.41) is 0.903. The minimum atomic E-state index is -0.208. The molecule has 0 fully saturated rings. The van der Waals surface area contributed by atoms with Crippen molar-refractivity contribution >= 4 is 17.7 Å². The molecule has 1 aliphatic carbocycles. The molecule has 0 aromatic carbocycles. The minimum absolute atomic E-state index is 0.0911. The first-order valence-electron chi connectivity index (χ1n) is 7.76. The van der Waals surface area contributed by atoms with E-state index in [-0.39, 0.29) is 17.8 Å². The Morgan fingerprint density at radius 2 is 2.04 bits per heavy atom. The van der Waals surface area contributed by atoms with Gasteiger partial charge in [-0.15, -0.1) is 0 Å². The van der Waals surface area contributed by atoms with Crippen molar-refractivity contribution in [2.75, 3.05) is 5.75 Å². The summed E-state index contributed by atoms with van der Waals surface area (Å²) in [6.45, 7) is 3.71. The van der Waals surface area contributed by atoms with Crippen molar-refractivity contribution in [2.45, 2.75) is 44.2 Å². The second-order valence-electron chi connectivity index (χ2n) is 5.69. The molecular weight excluding hydrogens is 310 g/mol. The Balaban J connectivity index is 1.84. The highest BCUT2D eigenvalue weighted by Gasteiger charge is 2.21. The highest BCUT2D eigenvalue weighted by atomic mass is 32.2. The fourth-order valence-electron chi connectivity index (χ4n) is 2.57. The Hall–Kier alpha value is -1.95. The molecule has 23 heavy (non-hydrogen) atoms. The number of thioether (sulfide) groups is 1. The van der Waals surface area contributed by atoms with Gasteiger partial charge >= 0.3 is 5.97 Å². The Kier molecular flexibility index (Phi) is 4.91. The van der Waals surface area contributed by atoms with Crippen LogP contribution >= 0.6 is 11.8 Å². The predicted molar refractivity (Wildman–Crippen MR) is 89.2 cm³/mol. The Morgan fingerprint density at radius 3 is 2.78 bits per heavy atom. The lowest BCUT2D eigenvalue weighted by atomic mass is 10.2. The van der Waals surface area contributed by atoms with Gasteiger partial charge in [-0.3, -0.25) is 9.78 Å². The van der Waals surface area contributed by atoms with Gasteiger partial charge in [0.2, 0.25) is 0 Å². The summed E-state index contributed by atoms with van der Waals surface area (Å²) < 4.78 is 5.19. The SMILES string of the molecule is CC(C)OC(=O)CSc1nc(-c2ccncc2)nc2c1CCC2. The number of hydrogen-bond donors (Lipinski definition) is 0. The van der Waals surface area contributed by atoms with Crippen molar-refractivity contribution < 1.29 is 9.53 Å². The van der Waals surface area contributed by atoms with Crippen molar-refractivity contribution in [3.63, 3.8) is 0 Å². The Labute approximate surface area is 139 Å². The van der Waals surface area contributed by atoms with Crippen LogP contribution in [0.3, 0.4) is 0 Å². The molecule has 2 aromatic heterocycles. The number of nitrogens with zero attached hydrogens (tertiary/aromatic N) is 3. The van der Waals surface area contributed by atoms with E-state index in [1.54, 1.807) is 12.4 Å². The molecule has 0 aliphatic heterocycles. The van der Waals surface area contributed by atoms with E-state index in [1.165, 1.54) is 17.3 Å². The van der Waals surface area contributed by atoms with E-state index in [2.05, 4.69) is 9.97 Å². The van der Waals surface area contributed by atoms with Crippen molar-refractivity contribution in [3.8, 4) is 11.4 Å². The first-order chi connectivity index (χ1) is 11.1. The quantitative estimate of drug-likeness (QED) is 0.477. The molecule has 0 radical (unpaired) electrons. The smallest absolute Gasteiger partial charge is 0.316 e. The third-order valence-corrected chi connectivity index (χ3v) is 4.52. The minimum Gasteiger partial charge on any atom is -0.462 e. The second-order valence-corrected chi connectivity index (χ2v) is 6.66. The maximum absolute atomic E-state index is 11.8. The van der Waals surface area contributed by atoms with Gasteiger partial charge < -0.3 is 4.74 Å². The van der Waals surface area contributed by atoms with Crippen LogP contribution in [0.1, 0.15) is 31.5 Å². The Morgan fingerprint density at radius 1 is 1.26 bits per heavy atom. The highest BCUT2D eigenvalue weighted by Crippen LogP contribution is 2.31. The molecule has 5 nitrogen and oxygen atoms in total. The molecule has 0 saturated carbocycles. The van der Waals surface area contributed by atoms with Gasteiger partial charge in [0.25, 0.3) is 0 Å². The molecule has 0 atom stereocenters. The number of esters is 1. The molecule has 1 aliphatic rings. The van der Waals surface area contributed by atoms with Gasteiger partial charge in [0.1, 0.15) is 5.03 Å². The third-order valence-electron chi connectivity index (χ3n) is 3.53. The summed E-state index contributed by atoms with van der Waals surface area (Å²) >= 11 is 1.44. The van der Waals surface area contributed by atoms with Crippen LogP contribution < -0.4 is 0 Å². The van der Waals surface area contributed by atoms with E-state index in [0.717, 1.165) is 35.5 Å². The van der Waals surface area contributed by atoms with Crippen molar-refractivity contribution in [1.82, 2.24) is 15.0 Å². The van der Waals surface area contributed by atoms with E-state index in [9.17, 15) is 4.79 Å². The number of ether oxygens (including phenoxy) is 1. The van der Waals surface area contributed by atoms with E-state index in [1.807, 2.05) is 26.0 Å². The van der Waals surface area contributed by atoms with Crippen LogP contribution in [-0.2, 0) is 22.4 Å². The molecule has 120 valence electrons. The molecule has 3 rings (SSSR count). The number of carbonyl (C=O) groups excluding carboxylic acids is 1. The van der Waals surface area contributed by atoms with Crippen LogP contribution in [0.15, 0.2) is 29.6 Å². The number of aryl methyl sites for hydroxylation is 1. The molecular formula is C17H19N3O2S. The maximum Gasteiger partial charge on any atom is 0.316 e. The number of rotatable bonds is 5. The standard InChI is InChI=1S/C17H19N3O2S/c1-11(2)22-15(21)10-23-17-13-4-3-5-14(13)19-16(20-17)12-6-8-18-9-7-12/h6-9,11H,3-5,10H2,1-2H3. The summed E-state index contributed by atoms with van der Waals surface area (Å²) in [4.78, 5) is 25.2. The third kappa shape index (κ3) is 3.88. The van der Waals surface area contributed by atoms with Gasteiger partial charge in [-0.25, -0.2) is 9.97 Å². The first-order valence-corrected chi connectivity index (χ1v) is 8.74. The van der Waals surface area contributed by atoms with Crippen LogP contribution in [0.2, 0.25) is 0 Å². The fraction of sp³-hybridized carbons (Fsp3) is 0.412. The van der Waals surface area contributed by atoms with Gasteiger partial charge in [-0.05, 0) is 45.2 Å². The predicted octanol–water partition coefficient (Wildman–Crippen LogP) is 3.07. The average molecular weight is 329 g/mol. The van der Waals surface area contributed by atoms with Crippen molar-refractivity contribution in [1.29, 1.82) is 0 Å². The van der Waals surface area contributed by atoms with Gasteiger partial charge in [0.15, 0.2) is 5.82 Å². The lowest BCUT2D eigenvalue weighted by Gasteiger charge is -2.11. The molecule has 0 unspecified atom stereocenters. The normalized spacial score (nSPS) is 13.2. The summed E-state index contributed by atoms with van der Waals surface area (Å²) in [6, 6.07) is 3.80. The largest absolute Gasteiger partial charge is 0.462 e. The number of carbonyl (C=O) groups is 1. The van der Waals surface area contributed by atoms with Crippen LogP contribution in [-0.4, -0.2) is 32.8 Å². The molecule has 0 N–H and O–H groups in total. The highest BCUT2D eigenvalue weighted by molar-refractivity contribution is 7.99. The second kappa shape index (κ2) is 7.08. The zero-order chi connectivity index (χ0) is 16.2. The number of hydrogen-bond acceptors (Lipinski definition) is 6. The summed E-state index contributed by atoms with van der Waals surface area (Å²) in [6.07, 6.45) is 6.42. The van der Waals surface area contributed by atoms with Gasteiger partial charge in [-0.1, -0.05) is 11.8 Å². The van der Waals surface area contributed by atoms with Crippen molar-refractivity contribution in [2.24, 2.45) is 0 Å². The van der Waals surface area contributed by atoms with Gasteiger partial charge in [0.05, 0.1) is 11.9 Å². The lowest BCUT2D eigenvalue weighted by molar-refractivity contribution is -0.144. The molecule has 0 spiro atoms. The molecule has 2 aromatic rings. The van der Waals surface area contributed by atoms with E-state index >= 15 is 0 Å². The Bertz CT molecular complexity index is 704. The summed E-state index contributed by atoms with van der Waals surface area (Å²) in [7, 11) is 0. The number of pyridine rings is 1. The molecule has 0 bridgehead atoms. The fourth-order valence-corrected chi connectivity index (χ4v) is 3.44. The first kappa shape index (κ1) is 15.9. The lowest BCUT2D eigenvalue weighted by Crippen LogP contribution is -2.13. The summed E-state index contributed by atoms with van der Waals surface area (Å²) in [5.41, 5.74) is 3.23. The van der Waals surface area contributed by atoms with E-state index < -0.39 is 0 Å². The number of aromatic nitrogens is 3. The van der Waals surface area contributed by atoms with Crippen LogP contribution in [0, 0.1) is 0 Å². The van der Waals surface area contributed by atoms with E-state index in [4.69, 9.17) is 9.72 Å². The zero-order valence-electron chi connectivity index (χ0n) is 13.3. The number of fused-ring (bicyclic) bond motifs is 1. The van der Waals surface area contributed by atoms with E-state index in [0.29, 0.717) is 5.82 Å². The topological polar surface area (TPSA) is 65.0 Å². The van der Waals surface area contributed by atoms with Crippen LogP contribution in [0.25, 0.3) is 11.4 Å². The van der Waals surface area contributed by atoms with Gasteiger partial charge in [-0.2, -0.15) is 0 Å². The summed E-state index contributed by atoms with van der Waals surface area (Å²) in [5.74, 6) is 0.769. The molecule has 6 heteroatoms. The molecule has 0 amide bonds. The van der Waals surface area contributed by atoms with Crippen LogP contribution in [0.4, 0.5) is 0 Å². The average Bonchev–Trinajstić information content (AvgIpc) is 3.01. The molecule has 2 heterocycles.